The minimum absolute atomic E-state index is 0.144. The van der Waals surface area contributed by atoms with Crippen LogP contribution >= 0.6 is 0 Å². The summed E-state index contributed by atoms with van der Waals surface area (Å²) in [5.41, 5.74) is 0. The highest BCUT2D eigenvalue weighted by Crippen LogP contribution is 2.01. The minimum atomic E-state index is -0.203. The van der Waals surface area contributed by atoms with Gasteiger partial charge in [-0.1, -0.05) is 6.92 Å². The lowest BCUT2D eigenvalue weighted by Crippen LogP contribution is -2.18. The molecule has 0 saturated carbocycles. The van der Waals surface area contributed by atoms with E-state index in [0.717, 1.165) is 0 Å². The maximum atomic E-state index is 11.0. The fraction of sp³-hybridized carbons (Fsp3) is 0.500. The zero-order valence-corrected chi connectivity index (χ0v) is 7.23. The quantitative estimate of drug-likeness (QED) is 0.624. The highest BCUT2D eigenvalue weighted by molar-refractivity contribution is 5.71. The lowest BCUT2D eigenvalue weighted by atomic mass is 10.2. The number of hydrogen-bond acceptors (Lipinski definition) is 3. The Labute approximate surface area is 71.1 Å². The summed E-state index contributed by atoms with van der Waals surface area (Å²) in [4.78, 5) is 11.0. The molecule has 1 aromatic rings. The minimum Gasteiger partial charge on any atom is -0.469 e. The number of hydrogen-bond donors (Lipinski definition) is 0. The lowest BCUT2D eigenvalue weighted by Gasteiger charge is -2.08. The Kier molecular flexibility index (Phi) is 2.85. The third-order valence-electron chi connectivity index (χ3n) is 1.62. The SMILES string of the molecule is COC(=O)C(C)Cn1cccn1. The van der Waals surface area contributed by atoms with Crippen LogP contribution in [0.15, 0.2) is 18.5 Å². The Balaban J connectivity index is 2.47. The molecule has 1 rings (SSSR count). The van der Waals surface area contributed by atoms with E-state index >= 15 is 0 Å². The molecule has 12 heavy (non-hydrogen) atoms. The van der Waals surface area contributed by atoms with Crippen LogP contribution in [0.1, 0.15) is 6.92 Å². The van der Waals surface area contributed by atoms with E-state index in [0.29, 0.717) is 6.54 Å². The first-order valence-corrected chi connectivity index (χ1v) is 3.79. The largest absolute Gasteiger partial charge is 0.469 e. The first-order valence-electron chi connectivity index (χ1n) is 3.79. The number of esters is 1. The number of methoxy groups -OCH3 is 1. The molecule has 0 aliphatic carbocycles. The number of carbonyl (C=O) groups excluding carboxylic acids is 1. The van der Waals surface area contributed by atoms with Gasteiger partial charge in [0.15, 0.2) is 0 Å². The van der Waals surface area contributed by atoms with Gasteiger partial charge in [-0.05, 0) is 6.07 Å². The summed E-state index contributed by atoms with van der Waals surface area (Å²) in [7, 11) is 1.39. The van der Waals surface area contributed by atoms with Gasteiger partial charge < -0.3 is 4.74 Å². The van der Waals surface area contributed by atoms with Gasteiger partial charge in [-0.2, -0.15) is 5.10 Å². The Bertz CT molecular complexity index is 244. The maximum absolute atomic E-state index is 11.0. The van der Waals surface area contributed by atoms with Crippen molar-refractivity contribution in [1.29, 1.82) is 0 Å². The van der Waals surface area contributed by atoms with Gasteiger partial charge in [-0.15, -0.1) is 0 Å². The van der Waals surface area contributed by atoms with Crippen LogP contribution in [0.2, 0.25) is 0 Å². The van der Waals surface area contributed by atoms with Crippen LogP contribution in [0, 0.1) is 5.92 Å². The van der Waals surface area contributed by atoms with Gasteiger partial charge in [0.05, 0.1) is 19.6 Å². The number of rotatable bonds is 3. The third kappa shape index (κ3) is 2.08. The van der Waals surface area contributed by atoms with Crippen molar-refractivity contribution in [2.24, 2.45) is 5.92 Å². The molecule has 1 unspecified atom stereocenters. The molecule has 0 N–H and O–H groups in total. The summed E-state index contributed by atoms with van der Waals surface area (Å²) in [5, 5.41) is 3.98. The molecule has 1 aromatic heterocycles. The molecule has 66 valence electrons. The van der Waals surface area contributed by atoms with Gasteiger partial charge >= 0.3 is 5.97 Å². The highest BCUT2D eigenvalue weighted by atomic mass is 16.5. The van der Waals surface area contributed by atoms with E-state index in [9.17, 15) is 4.79 Å². The van der Waals surface area contributed by atoms with Crippen LogP contribution in [0.5, 0.6) is 0 Å². The number of carbonyl (C=O) groups is 1. The van der Waals surface area contributed by atoms with E-state index in [2.05, 4.69) is 9.84 Å². The Morgan fingerprint density at radius 3 is 3.00 bits per heavy atom. The van der Waals surface area contributed by atoms with E-state index in [4.69, 9.17) is 0 Å². The van der Waals surface area contributed by atoms with E-state index < -0.39 is 0 Å². The zero-order chi connectivity index (χ0) is 8.97. The summed E-state index contributed by atoms with van der Waals surface area (Å²) in [5.74, 6) is -0.347. The van der Waals surface area contributed by atoms with E-state index in [-0.39, 0.29) is 11.9 Å². The van der Waals surface area contributed by atoms with Crippen molar-refractivity contribution < 1.29 is 9.53 Å². The molecule has 0 aliphatic rings. The molecule has 0 amide bonds. The molecule has 0 saturated heterocycles. The summed E-state index contributed by atoms with van der Waals surface area (Å²) in [6.45, 7) is 2.38. The average Bonchev–Trinajstić information content (AvgIpc) is 2.55. The molecule has 1 atom stereocenters. The van der Waals surface area contributed by atoms with Crippen molar-refractivity contribution in [2.75, 3.05) is 7.11 Å². The van der Waals surface area contributed by atoms with Gasteiger partial charge in [-0.3, -0.25) is 9.48 Å². The topological polar surface area (TPSA) is 44.1 Å². The molecule has 0 aromatic carbocycles. The van der Waals surface area contributed by atoms with E-state index in [1.165, 1.54) is 7.11 Å². The van der Waals surface area contributed by atoms with Gasteiger partial charge in [0.25, 0.3) is 0 Å². The van der Waals surface area contributed by atoms with Crippen LogP contribution in [0.25, 0.3) is 0 Å². The van der Waals surface area contributed by atoms with Crippen LogP contribution in [0.4, 0.5) is 0 Å². The molecular formula is C8H12N2O2. The fourth-order valence-electron chi connectivity index (χ4n) is 0.965. The normalized spacial score (nSPS) is 12.5. The molecule has 0 spiro atoms. The monoisotopic (exact) mass is 168 g/mol. The molecule has 4 heteroatoms. The maximum Gasteiger partial charge on any atom is 0.310 e. The second kappa shape index (κ2) is 3.90. The highest BCUT2D eigenvalue weighted by Gasteiger charge is 2.13. The van der Waals surface area contributed by atoms with Crippen molar-refractivity contribution in [3.05, 3.63) is 18.5 Å². The van der Waals surface area contributed by atoms with E-state index in [1.54, 1.807) is 10.9 Å². The van der Waals surface area contributed by atoms with Gasteiger partial charge in [0, 0.05) is 12.4 Å². The summed E-state index contributed by atoms with van der Waals surface area (Å²) < 4.78 is 6.29. The van der Waals surface area contributed by atoms with Crippen LogP contribution in [0.3, 0.4) is 0 Å². The van der Waals surface area contributed by atoms with Crippen molar-refractivity contribution in [3.8, 4) is 0 Å². The predicted octanol–water partition coefficient (Wildman–Crippen LogP) is 0.692. The molecule has 4 nitrogen and oxygen atoms in total. The number of ether oxygens (including phenoxy) is 1. The van der Waals surface area contributed by atoms with Crippen molar-refractivity contribution in [3.63, 3.8) is 0 Å². The first-order chi connectivity index (χ1) is 5.74. The number of nitrogens with zero attached hydrogens (tertiary/aromatic N) is 2. The second-order valence-corrected chi connectivity index (χ2v) is 2.65. The van der Waals surface area contributed by atoms with Gasteiger partial charge in [0.2, 0.25) is 0 Å². The zero-order valence-electron chi connectivity index (χ0n) is 7.23. The average molecular weight is 168 g/mol. The van der Waals surface area contributed by atoms with Crippen LogP contribution < -0.4 is 0 Å². The predicted molar refractivity (Wildman–Crippen MR) is 43.4 cm³/mol. The third-order valence-corrected chi connectivity index (χ3v) is 1.62. The molecule has 0 aliphatic heterocycles. The lowest BCUT2D eigenvalue weighted by molar-refractivity contribution is -0.145. The van der Waals surface area contributed by atoms with Crippen LogP contribution in [-0.4, -0.2) is 22.9 Å². The Morgan fingerprint density at radius 2 is 2.50 bits per heavy atom. The summed E-state index contributed by atoms with van der Waals surface area (Å²) >= 11 is 0. The summed E-state index contributed by atoms with van der Waals surface area (Å²) in [6, 6.07) is 1.82. The molecule has 0 radical (unpaired) electrons. The Hall–Kier alpha value is -1.32. The number of aromatic nitrogens is 2. The van der Waals surface area contributed by atoms with Crippen LogP contribution in [-0.2, 0) is 16.1 Å². The first kappa shape index (κ1) is 8.77. The van der Waals surface area contributed by atoms with Crippen molar-refractivity contribution in [2.45, 2.75) is 13.5 Å². The van der Waals surface area contributed by atoms with Gasteiger partial charge in [0.1, 0.15) is 0 Å². The molecular weight excluding hydrogens is 156 g/mol. The van der Waals surface area contributed by atoms with E-state index in [1.807, 2.05) is 19.2 Å². The summed E-state index contributed by atoms with van der Waals surface area (Å²) in [6.07, 6.45) is 3.50. The Morgan fingerprint density at radius 1 is 1.75 bits per heavy atom. The van der Waals surface area contributed by atoms with Gasteiger partial charge in [-0.25, -0.2) is 0 Å². The molecule has 0 fully saturated rings. The van der Waals surface area contributed by atoms with Crippen molar-refractivity contribution in [1.82, 2.24) is 9.78 Å². The fourth-order valence-corrected chi connectivity index (χ4v) is 0.965. The second-order valence-electron chi connectivity index (χ2n) is 2.65. The standard InChI is InChI=1S/C8H12N2O2/c1-7(8(11)12-2)6-10-5-3-4-9-10/h3-5,7H,6H2,1-2H3. The smallest absolute Gasteiger partial charge is 0.310 e. The molecule has 1 heterocycles. The van der Waals surface area contributed by atoms with Crippen molar-refractivity contribution >= 4 is 5.97 Å². The molecule has 0 bridgehead atoms.